The topological polar surface area (TPSA) is 55.2 Å². The molecular formula is C13H12F2N2O2S. The standard InChI is InChI=1S/C13H12F2N2O2S/c1-2-9-3-4-10(20-9)7-16-13-11(15)5-8(14)6-12(13)17(18)19/h3-6,16H,2,7H2,1H3. The summed E-state index contributed by atoms with van der Waals surface area (Å²) in [7, 11) is 0. The van der Waals surface area contributed by atoms with Gasteiger partial charge in [-0.15, -0.1) is 11.3 Å². The van der Waals surface area contributed by atoms with Crippen LogP contribution in [0.4, 0.5) is 20.2 Å². The lowest BCUT2D eigenvalue weighted by Gasteiger charge is -2.07. The summed E-state index contributed by atoms with van der Waals surface area (Å²) in [6.07, 6.45) is 0.899. The minimum absolute atomic E-state index is 0.258. The molecule has 4 nitrogen and oxygen atoms in total. The summed E-state index contributed by atoms with van der Waals surface area (Å²) in [6.45, 7) is 2.28. The van der Waals surface area contributed by atoms with Crippen molar-refractivity contribution in [2.24, 2.45) is 0 Å². The highest BCUT2D eigenvalue weighted by Gasteiger charge is 2.20. The van der Waals surface area contributed by atoms with Gasteiger partial charge in [0.1, 0.15) is 11.5 Å². The van der Waals surface area contributed by atoms with E-state index in [9.17, 15) is 18.9 Å². The second kappa shape index (κ2) is 5.96. The van der Waals surface area contributed by atoms with E-state index in [0.717, 1.165) is 11.3 Å². The van der Waals surface area contributed by atoms with Crippen LogP contribution in [0.15, 0.2) is 24.3 Å². The molecule has 0 radical (unpaired) electrons. The van der Waals surface area contributed by atoms with Gasteiger partial charge in [-0.1, -0.05) is 6.92 Å². The number of halogens is 2. The number of anilines is 1. The van der Waals surface area contributed by atoms with E-state index < -0.39 is 22.2 Å². The Morgan fingerprint density at radius 3 is 2.60 bits per heavy atom. The number of aryl methyl sites for hydroxylation is 1. The Hall–Kier alpha value is -2.02. The number of hydrogen-bond acceptors (Lipinski definition) is 4. The van der Waals surface area contributed by atoms with Crippen LogP contribution in [0.25, 0.3) is 0 Å². The van der Waals surface area contributed by atoms with E-state index in [-0.39, 0.29) is 12.2 Å². The molecule has 0 spiro atoms. The molecule has 20 heavy (non-hydrogen) atoms. The monoisotopic (exact) mass is 298 g/mol. The number of thiophene rings is 1. The van der Waals surface area contributed by atoms with Crippen molar-refractivity contribution in [3.63, 3.8) is 0 Å². The lowest BCUT2D eigenvalue weighted by Crippen LogP contribution is -2.04. The first-order valence-corrected chi connectivity index (χ1v) is 6.77. The minimum atomic E-state index is -0.969. The van der Waals surface area contributed by atoms with Gasteiger partial charge < -0.3 is 5.32 Å². The summed E-state index contributed by atoms with van der Waals surface area (Å²) in [5.41, 5.74) is -0.891. The maximum atomic E-state index is 13.6. The Morgan fingerprint density at radius 2 is 2.00 bits per heavy atom. The summed E-state index contributed by atoms with van der Waals surface area (Å²) in [6, 6.07) is 5.17. The first-order chi connectivity index (χ1) is 9.51. The molecule has 2 rings (SSSR count). The molecule has 1 N–H and O–H groups in total. The fourth-order valence-corrected chi connectivity index (χ4v) is 2.66. The number of rotatable bonds is 5. The zero-order chi connectivity index (χ0) is 14.7. The summed E-state index contributed by atoms with van der Waals surface area (Å²) >= 11 is 1.55. The van der Waals surface area contributed by atoms with E-state index in [1.807, 2.05) is 19.1 Å². The molecule has 106 valence electrons. The molecule has 0 saturated heterocycles. The second-order valence-corrected chi connectivity index (χ2v) is 5.37. The van der Waals surface area contributed by atoms with Gasteiger partial charge in [0.15, 0.2) is 5.82 Å². The SMILES string of the molecule is CCc1ccc(CNc2c(F)cc(F)cc2[N+](=O)[O-])s1. The van der Waals surface area contributed by atoms with Crippen molar-refractivity contribution in [1.82, 2.24) is 0 Å². The van der Waals surface area contributed by atoms with Gasteiger partial charge in [0.05, 0.1) is 11.0 Å². The lowest BCUT2D eigenvalue weighted by molar-refractivity contribution is -0.384. The van der Waals surface area contributed by atoms with E-state index in [4.69, 9.17) is 0 Å². The Bertz CT molecular complexity index is 643. The van der Waals surface area contributed by atoms with Crippen LogP contribution in [-0.2, 0) is 13.0 Å². The van der Waals surface area contributed by atoms with Crippen LogP contribution in [0.1, 0.15) is 16.7 Å². The molecule has 0 aliphatic rings. The van der Waals surface area contributed by atoms with E-state index in [1.165, 1.54) is 4.88 Å². The quantitative estimate of drug-likeness (QED) is 0.667. The highest BCUT2D eigenvalue weighted by atomic mass is 32.1. The number of nitrogens with zero attached hydrogens (tertiary/aromatic N) is 1. The number of nitro groups is 1. The zero-order valence-corrected chi connectivity index (χ0v) is 11.5. The van der Waals surface area contributed by atoms with Crippen LogP contribution in [0.2, 0.25) is 0 Å². The summed E-state index contributed by atoms with van der Waals surface area (Å²) in [5.74, 6) is -1.94. The molecule has 0 atom stereocenters. The van der Waals surface area contributed by atoms with Gasteiger partial charge in [-0.2, -0.15) is 0 Å². The van der Waals surface area contributed by atoms with Crippen molar-refractivity contribution in [1.29, 1.82) is 0 Å². The average Bonchev–Trinajstić information content (AvgIpc) is 2.84. The maximum absolute atomic E-state index is 13.6. The molecule has 1 aromatic heterocycles. The van der Waals surface area contributed by atoms with Crippen LogP contribution < -0.4 is 5.32 Å². The molecule has 1 heterocycles. The largest absolute Gasteiger partial charge is 0.372 e. The van der Waals surface area contributed by atoms with Gasteiger partial charge in [0.2, 0.25) is 0 Å². The van der Waals surface area contributed by atoms with Crippen LogP contribution in [0.5, 0.6) is 0 Å². The molecular weight excluding hydrogens is 286 g/mol. The molecule has 0 bridgehead atoms. The van der Waals surface area contributed by atoms with Crippen LogP contribution in [0, 0.1) is 21.7 Å². The van der Waals surface area contributed by atoms with Crippen molar-refractivity contribution in [2.45, 2.75) is 19.9 Å². The lowest BCUT2D eigenvalue weighted by atomic mass is 10.2. The molecule has 2 aromatic rings. The van der Waals surface area contributed by atoms with Gasteiger partial charge in [-0.3, -0.25) is 10.1 Å². The number of nitro benzene ring substituents is 1. The Morgan fingerprint density at radius 1 is 1.30 bits per heavy atom. The summed E-state index contributed by atoms with van der Waals surface area (Å²) in [5, 5.41) is 13.5. The third-order valence-electron chi connectivity index (χ3n) is 2.74. The average molecular weight is 298 g/mol. The minimum Gasteiger partial charge on any atom is -0.372 e. The molecule has 0 fully saturated rings. The third kappa shape index (κ3) is 3.11. The van der Waals surface area contributed by atoms with E-state index >= 15 is 0 Å². The predicted octanol–water partition coefficient (Wildman–Crippen LogP) is 4.11. The van der Waals surface area contributed by atoms with Crippen LogP contribution in [-0.4, -0.2) is 4.92 Å². The summed E-state index contributed by atoms with van der Waals surface area (Å²) in [4.78, 5) is 12.1. The van der Waals surface area contributed by atoms with Gasteiger partial charge in [0.25, 0.3) is 5.69 Å². The molecule has 0 saturated carbocycles. The van der Waals surface area contributed by atoms with Gasteiger partial charge in [-0.25, -0.2) is 8.78 Å². The van der Waals surface area contributed by atoms with Crippen molar-refractivity contribution in [2.75, 3.05) is 5.32 Å². The Kier molecular flexibility index (Phi) is 4.29. The number of nitrogens with one attached hydrogen (secondary N) is 1. The van der Waals surface area contributed by atoms with Gasteiger partial charge in [0, 0.05) is 22.4 Å². The van der Waals surface area contributed by atoms with E-state index in [1.54, 1.807) is 11.3 Å². The molecule has 0 unspecified atom stereocenters. The number of benzene rings is 1. The van der Waals surface area contributed by atoms with Crippen molar-refractivity contribution in [3.05, 3.63) is 55.8 Å². The molecule has 0 amide bonds. The van der Waals surface area contributed by atoms with Gasteiger partial charge in [-0.05, 0) is 18.6 Å². The molecule has 0 aliphatic heterocycles. The van der Waals surface area contributed by atoms with E-state index in [2.05, 4.69) is 5.32 Å². The summed E-state index contributed by atoms with van der Waals surface area (Å²) < 4.78 is 26.7. The van der Waals surface area contributed by atoms with E-state index in [0.29, 0.717) is 12.1 Å². The first kappa shape index (κ1) is 14.4. The Labute approximate surface area is 118 Å². The predicted molar refractivity (Wildman–Crippen MR) is 74.0 cm³/mol. The highest BCUT2D eigenvalue weighted by molar-refractivity contribution is 7.12. The Balaban J connectivity index is 2.22. The van der Waals surface area contributed by atoms with Crippen LogP contribution >= 0.6 is 11.3 Å². The molecule has 1 aromatic carbocycles. The molecule has 7 heteroatoms. The smallest absolute Gasteiger partial charge is 0.298 e. The third-order valence-corrected chi connectivity index (χ3v) is 3.97. The van der Waals surface area contributed by atoms with Crippen molar-refractivity contribution >= 4 is 22.7 Å². The van der Waals surface area contributed by atoms with Crippen molar-refractivity contribution in [3.8, 4) is 0 Å². The number of hydrogen-bond donors (Lipinski definition) is 1. The highest BCUT2D eigenvalue weighted by Crippen LogP contribution is 2.29. The molecule has 0 aliphatic carbocycles. The second-order valence-electron chi connectivity index (χ2n) is 4.11. The van der Waals surface area contributed by atoms with Gasteiger partial charge >= 0.3 is 0 Å². The maximum Gasteiger partial charge on any atom is 0.298 e. The fraction of sp³-hybridized carbons (Fsp3) is 0.231. The normalized spacial score (nSPS) is 10.6. The van der Waals surface area contributed by atoms with Crippen LogP contribution in [0.3, 0.4) is 0 Å². The van der Waals surface area contributed by atoms with Crippen molar-refractivity contribution < 1.29 is 13.7 Å². The zero-order valence-electron chi connectivity index (χ0n) is 10.7. The first-order valence-electron chi connectivity index (χ1n) is 5.96. The fourth-order valence-electron chi connectivity index (χ4n) is 1.76.